The Morgan fingerprint density at radius 3 is 2.21 bits per heavy atom. The number of primary amides is 1. The summed E-state index contributed by atoms with van der Waals surface area (Å²) in [5.74, 6) is -2.98. The maximum absolute atomic E-state index is 12.8. The Bertz CT molecular complexity index is 1050. The monoisotopic (exact) mass is 379 g/mol. The molecule has 8 nitrogen and oxygen atoms in total. The van der Waals surface area contributed by atoms with E-state index in [1.807, 2.05) is 0 Å². The van der Waals surface area contributed by atoms with Crippen LogP contribution in [-0.2, 0) is 16.0 Å². The van der Waals surface area contributed by atoms with Gasteiger partial charge < -0.3 is 15.6 Å². The topological polar surface area (TPSA) is 135 Å². The lowest BCUT2D eigenvalue weighted by Gasteiger charge is -2.16. The minimum Gasteiger partial charge on any atom is -0.363 e. The van der Waals surface area contributed by atoms with Crippen LogP contribution in [0.5, 0.6) is 0 Å². The molecular weight excluding hydrogens is 362 g/mol. The summed E-state index contributed by atoms with van der Waals surface area (Å²) in [7, 11) is 0. The molecule has 0 bridgehead atoms. The number of H-pyrrole nitrogens is 1. The smallest absolute Gasteiger partial charge is 0.363 e. The number of carbonyl (C=O) groups is 3. The van der Waals surface area contributed by atoms with Crippen molar-refractivity contribution in [1.82, 2.24) is 10.5 Å². The first-order valence-electron chi connectivity index (χ1n) is 8.42. The zero-order chi connectivity index (χ0) is 20.1. The highest BCUT2D eigenvalue weighted by atomic mass is 16.5. The summed E-state index contributed by atoms with van der Waals surface area (Å²) in [6, 6.07) is 16.2. The minimum absolute atomic E-state index is 0.0464. The van der Waals surface area contributed by atoms with Gasteiger partial charge in [-0.1, -0.05) is 60.7 Å². The van der Waals surface area contributed by atoms with Crippen molar-refractivity contribution in [3.05, 3.63) is 82.2 Å². The van der Waals surface area contributed by atoms with Crippen molar-refractivity contribution in [2.45, 2.75) is 12.5 Å². The quantitative estimate of drug-likeness (QED) is 0.527. The fourth-order valence-corrected chi connectivity index (χ4v) is 2.78. The first kappa shape index (κ1) is 18.8. The number of nitrogens with one attached hydrogen (secondary N) is 2. The van der Waals surface area contributed by atoms with Gasteiger partial charge in [0.15, 0.2) is 5.56 Å². The van der Waals surface area contributed by atoms with Crippen molar-refractivity contribution in [2.24, 2.45) is 5.73 Å². The summed E-state index contributed by atoms with van der Waals surface area (Å²) in [5.41, 5.74) is 5.38. The summed E-state index contributed by atoms with van der Waals surface area (Å²) in [6.07, 6.45) is 0.0464. The van der Waals surface area contributed by atoms with E-state index in [0.717, 1.165) is 0 Å². The number of aromatic amines is 1. The van der Waals surface area contributed by atoms with Gasteiger partial charge in [-0.05, 0) is 5.56 Å². The van der Waals surface area contributed by atoms with Crippen molar-refractivity contribution >= 4 is 17.6 Å². The second kappa shape index (κ2) is 8.17. The molecule has 0 saturated carbocycles. The van der Waals surface area contributed by atoms with Gasteiger partial charge in [-0.25, -0.2) is 9.95 Å². The highest BCUT2D eigenvalue weighted by Crippen LogP contribution is 2.19. The van der Waals surface area contributed by atoms with Crippen LogP contribution in [0.4, 0.5) is 0 Å². The van der Waals surface area contributed by atoms with E-state index in [0.29, 0.717) is 11.1 Å². The number of carbonyl (C=O) groups excluding carboxylic acids is 3. The molecule has 2 amide bonds. The molecule has 0 saturated heterocycles. The van der Waals surface area contributed by atoms with Crippen molar-refractivity contribution in [2.75, 3.05) is 0 Å². The Morgan fingerprint density at radius 1 is 1.00 bits per heavy atom. The Morgan fingerprint density at radius 2 is 1.61 bits per heavy atom. The third-order valence-corrected chi connectivity index (χ3v) is 4.14. The second-order valence-corrected chi connectivity index (χ2v) is 6.05. The number of Topliss-reactive ketones (excluding diaryl/α,β-unsaturated/α-hetero) is 1. The molecule has 1 aromatic heterocycles. The van der Waals surface area contributed by atoms with Crippen molar-refractivity contribution < 1.29 is 18.9 Å². The van der Waals surface area contributed by atoms with Gasteiger partial charge in [0.25, 0.3) is 11.8 Å². The molecule has 0 spiro atoms. The van der Waals surface area contributed by atoms with Gasteiger partial charge in [0.2, 0.25) is 5.78 Å². The predicted octanol–water partition coefficient (Wildman–Crippen LogP) is 1.03. The van der Waals surface area contributed by atoms with Gasteiger partial charge in [0.05, 0.1) is 5.69 Å². The Hall–Kier alpha value is -3.94. The standard InChI is InChI=1S/C20H17N3O5/c21-18(25)17(24)14(11-12-7-3-1-4-8-12)22-19(26)15-16(23-28-20(15)27)13-9-5-2-6-10-13/h1-10,14,23H,11H2,(H2,21,25)(H,22,26). The van der Waals surface area contributed by atoms with E-state index in [1.165, 1.54) is 0 Å². The number of benzene rings is 2. The number of nitrogens with two attached hydrogens (primary N) is 1. The van der Waals surface area contributed by atoms with E-state index in [1.54, 1.807) is 60.7 Å². The summed E-state index contributed by atoms with van der Waals surface area (Å²) < 4.78 is 4.76. The van der Waals surface area contributed by atoms with E-state index in [4.69, 9.17) is 10.3 Å². The van der Waals surface area contributed by atoms with Gasteiger partial charge in [0, 0.05) is 12.0 Å². The molecule has 142 valence electrons. The van der Waals surface area contributed by atoms with Crippen LogP contribution in [-0.4, -0.2) is 28.8 Å². The van der Waals surface area contributed by atoms with Crippen LogP contribution in [0.1, 0.15) is 15.9 Å². The Balaban J connectivity index is 1.91. The Labute approximate surface area is 159 Å². The van der Waals surface area contributed by atoms with Crippen LogP contribution in [0, 0.1) is 0 Å². The van der Waals surface area contributed by atoms with E-state index >= 15 is 0 Å². The number of aromatic nitrogens is 1. The van der Waals surface area contributed by atoms with Crippen molar-refractivity contribution in [3.63, 3.8) is 0 Å². The third kappa shape index (κ3) is 4.07. The molecule has 0 aliphatic carbocycles. The number of ketones is 1. The summed E-state index contributed by atoms with van der Waals surface area (Å²) in [4.78, 5) is 48.4. The molecule has 4 N–H and O–H groups in total. The van der Waals surface area contributed by atoms with Crippen molar-refractivity contribution in [3.8, 4) is 11.3 Å². The molecule has 8 heteroatoms. The van der Waals surface area contributed by atoms with Crippen molar-refractivity contribution in [1.29, 1.82) is 0 Å². The first-order valence-corrected chi connectivity index (χ1v) is 8.42. The summed E-state index contributed by atoms with van der Waals surface area (Å²) in [5, 5.41) is 4.85. The number of rotatable bonds is 7. The average molecular weight is 379 g/mol. The molecule has 0 radical (unpaired) electrons. The predicted molar refractivity (Wildman–Crippen MR) is 100 cm³/mol. The molecule has 2 aromatic carbocycles. The lowest BCUT2D eigenvalue weighted by Crippen LogP contribution is -2.48. The summed E-state index contributed by atoms with van der Waals surface area (Å²) in [6.45, 7) is 0. The highest BCUT2D eigenvalue weighted by molar-refractivity contribution is 6.38. The lowest BCUT2D eigenvalue weighted by molar-refractivity contribution is -0.137. The largest absolute Gasteiger partial charge is 0.370 e. The maximum atomic E-state index is 12.8. The second-order valence-electron chi connectivity index (χ2n) is 6.05. The van der Waals surface area contributed by atoms with Gasteiger partial charge >= 0.3 is 5.63 Å². The zero-order valence-electron chi connectivity index (χ0n) is 14.7. The van der Waals surface area contributed by atoms with E-state index in [9.17, 15) is 19.2 Å². The normalized spacial score (nSPS) is 11.6. The van der Waals surface area contributed by atoms with Crippen LogP contribution in [0.25, 0.3) is 11.3 Å². The molecule has 0 fully saturated rings. The van der Waals surface area contributed by atoms with Crippen LogP contribution >= 0.6 is 0 Å². The van der Waals surface area contributed by atoms with E-state index in [-0.39, 0.29) is 17.7 Å². The van der Waals surface area contributed by atoms with Crippen LogP contribution in [0.2, 0.25) is 0 Å². The molecule has 3 rings (SSSR count). The molecule has 3 aromatic rings. The van der Waals surface area contributed by atoms with Crippen LogP contribution in [0.3, 0.4) is 0 Å². The van der Waals surface area contributed by atoms with Gasteiger partial charge in [0.1, 0.15) is 6.04 Å². The number of amides is 2. The maximum Gasteiger partial charge on any atom is 0.370 e. The van der Waals surface area contributed by atoms with Crippen LogP contribution in [0.15, 0.2) is 70.0 Å². The molecule has 1 unspecified atom stereocenters. The first-order chi connectivity index (χ1) is 13.5. The van der Waals surface area contributed by atoms with Crippen LogP contribution < -0.4 is 16.7 Å². The lowest BCUT2D eigenvalue weighted by atomic mass is 10.0. The molecule has 1 heterocycles. The van der Waals surface area contributed by atoms with E-state index in [2.05, 4.69) is 10.5 Å². The number of hydrogen-bond donors (Lipinski definition) is 3. The summed E-state index contributed by atoms with van der Waals surface area (Å²) >= 11 is 0. The molecule has 28 heavy (non-hydrogen) atoms. The Kier molecular flexibility index (Phi) is 5.50. The van der Waals surface area contributed by atoms with Gasteiger partial charge in [-0.15, -0.1) is 0 Å². The fourth-order valence-electron chi connectivity index (χ4n) is 2.78. The molecular formula is C20H17N3O5. The van der Waals surface area contributed by atoms with E-state index < -0.39 is 29.3 Å². The van der Waals surface area contributed by atoms with Gasteiger partial charge in [-0.3, -0.25) is 14.4 Å². The third-order valence-electron chi connectivity index (χ3n) is 4.14. The highest BCUT2D eigenvalue weighted by Gasteiger charge is 2.29. The van der Waals surface area contributed by atoms with Gasteiger partial charge in [-0.2, -0.15) is 0 Å². The molecule has 0 aliphatic heterocycles. The SMILES string of the molecule is NC(=O)C(=O)C(Cc1ccccc1)NC(=O)c1c(-c2ccccc2)[nH]oc1=O. The molecule has 0 aliphatic rings. The zero-order valence-corrected chi connectivity index (χ0v) is 14.7. The molecule has 1 atom stereocenters. The fraction of sp³-hybridized carbons (Fsp3) is 0.100. The number of hydrogen-bond acceptors (Lipinski definition) is 5. The average Bonchev–Trinajstić information content (AvgIpc) is 3.10. The minimum atomic E-state index is -1.22.